The first-order chi connectivity index (χ1) is 13.3. The number of carbonyl (C=O) groups excluding carboxylic acids is 1. The number of nitrogens with zero attached hydrogens (tertiary/aromatic N) is 2. The average molecular weight is 502 g/mol. The maximum absolute atomic E-state index is 12.1. The van der Waals surface area contributed by atoms with E-state index >= 15 is 0 Å². The zero-order valence-electron chi connectivity index (χ0n) is 16.3. The Morgan fingerprint density at radius 3 is 2.86 bits per heavy atom. The number of nitrogens with one attached hydrogen (secondary N) is 2. The van der Waals surface area contributed by atoms with E-state index in [2.05, 4.69) is 15.5 Å². The van der Waals surface area contributed by atoms with Gasteiger partial charge in [0.25, 0.3) is 0 Å². The van der Waals surface area contributed by atoms with Crippen LogP contribution in [0.5, 0.6) is 0 Å². The third kappa shape index (κ3) is 6.10. The van der Waals surface area contributed by atoms with E-state index in [1.165, 1.54) is 12.8 Å². The Hall–Kier alpha value is -1.29. The average Bonchev–Trinajstić information content (AvgIpc) is 3.05. The second kappa shape index (κ2) is 10.5. The summed E-state index contributed by atoms with van der Waals surface area (Å²) in [6.45, 7) is 4.85. The van der Waals surface area contributed by atoms with Gasteiger partial charge in [0.05, 0.1) is 12.9 Å². The third-order valence-electron chi connectivity index (χ3n) is 5.56. The highest BCUT2D eigenvalue weighted by atomic mass is 127. The Morgan fingerprint density at radius 2 is 2.14 bits per heavy atom. The van der Waals surface area contributed by atoms with Gasteiger partial charge >= 0.3 is 0 Å². The molecule has 3 fully saturated rings. The molecule has 0 bridgehead atoms. The van der Waals surface area contributed by atoms with Crippen LogP contribution in [-0.2, 0) is 16.0 Å². The Labute approximate surface area is 183 Å². The van der Waals surface area contributed by atoms with Crippen LogP contribution < -0.4 is 10.6 Å². The Bertz CT molecular complexity index is 642. The second-order valence-electron chi connectivity index (χ2n) is 7.90. The standard InChI is InChI=1S/C20H30N4O3.HI/c25-19-10-16(13-24(19)17-3-4-17)12-23-20(22-11-15-6-9-26-14-15)21-7-5-18-2-1-8-27-18;/h1-2,8,15-17H,3-7,9-14H2,(H2,21,22,23);1H. The van der Waals surface area contributed by atoms with Crippen molar-refractivity contribution in [2.75, 3.05) is 39.4 Å². The number of guanidine groups is 1. The zero-order chi connectivity index (χ0) is 18.5. The molecule has 3 heterocycles. The van der Waals surface area contributed by atoms with Crippen LogP contribution in [0.3, 0.4) is 0 Å². The van der Waals surface area contributed by atoms with Crippen molar-refractivity contribution in [2.45, 2.75) is 38.1 Å². The van der Waals surface area contributed by atoms with Gasteiger partial charge in [0.15, 0.2) is 5.96 Å². The molecule has 8 heteroatoms. The van der Waals surface area contributed by atoms with Gasteiger partial charge in [-0.1, -0.05) is 0 Å². The molecular formula is C20H31IN4O3. The Balaban J connectivity index is 0.00000225. The molecule has 1 aliphatic carbocycles. The molecule has 3 aliphatic rings. The predicted octanol–water partition coefficient (Wildman–Crippen LogP) is 2.02. The molecule has 2 saturated heterocycles. The van der Waals surface area contributed by atoms with Crippen LogP contribution in [0.25, 0.3) is 0 Å². The summed E-state index contributed by atoms with van der Waals surface area (Å²) in [6, 6.07) is 4.40. The van der Waals surface area contributed by atoms with Gasteiger partial charge in [0.2, 0.25) is 5.91 Å². The molecule has 2 atom stereocenters. The van der Waals surface area contributed by atoms with Crippen LogP contribution in [0.1, 0.15) is 31.4 Å². The zero-order valence-corrected chi connectivity index (χ0v) is 18.6. The molecule has 28 heavy (non-hydrogen) atoms. The van der Waals surface area contributed by atoms with Crippen molar-refractivity contribution in [1.82, 2.24) is 15.5 Å². The van der Waals surface area contributed by atoms with Gasteiger partial charge in [0.1, 0.15) is 5.76 Å². The van der Waals surface area contributed by atoms with Gasteiger partial charge in [0, 0.05) is 63.5 Å². The molecule has 2 unspecified atom stereocenters. The molecule has 2 N–H and O–H groups in total. The van der Waals surface area contributed by atoms with E-state index in [4.69, 9.17) is 14.1 Å². The van der Waals surface area contributed by atoms with Crippen molar-refractivity contribution in [1.29, 1.82) is 0 Å². The Kier molecular flexibility index (Phi) is 8.01. The van der Waals surface area contributed by atoms with Crippen molar-refractivity contribution in [2.24, 2.45) is 16.8 Å². The quantitative estimate of drug-likeness (QED) is 0.323. The molecule has 156 valence electrons. The molecule has 1 aromatic heterocycles. The van der Waals surface area contributed by atoms with Gasteiger partial charge in [-0.15, -0.1) is 24.0 Å². The summed E-state index contributed by atoms with van der Waals surface area (Å²) in [5.74, 6) is 2.97. The van der Waals surface area contributed by atoms with Crippen LogP contribution in [0.2, 0.25) is 0 Å². The lowest BCUT2D eigenvalue weighted by Gasteiger charge is -2.16. The van der Waals surface area contributed by atoms with Crippen molar-refractivity contribution >= 4 is 35.8 Å². The fourth-order valence-corrected chi connectivity index (χ4v) is 3.81. The molecule has 1 amide bonds. The summed E-state index contributed by atoms with van der Waals surface area (Å²) in [6.07, 6.45) is 6.60. The van der Waals surface area contributed by atoms with Crippen LogP contribution in [0.4, 0.5) is 0 Å². The van der Waals surface area contributed by atoms with E-state index in [0.29, 0.717) is 36.8 Å². The largest absolute Gasteiger partial charge is 0.469 e. The molecule has 7 nitrogen and oxygen atoms in total. The summed E-state index contributed by atoms with van der Waals surface area (Å²) < 4.78 is 10.8. The summed E-state index contributed by atoms with van der Waals surface area (Å²) in [5, 5.41) is 6.86. The number of halogens is 1. The van der Waals surface area contributed by atoms with E-state index < -0.39 is 0 Å². The van der Waals surface area contributed by atoms with Crippen molar-refractivity contribution < 1.29 is 13.9 Å². The lowest BCUT2D eigenvalue weighted by molar-refractivity contribution is -0.128. The van der Waals surface area contributed by atoms with Gasteiger partial charge in [-0.25, -0.2) is 0 Å². The van der Waals surface area contributed by atoms with Gasteiger partial charge in [-0.2, -0.15) is 0 Å². The number of hydrogen-bond donors (Lipinski definition) is 2. The number of aliphatic imine (C=N–C) groups is 1. The minimum Gasteiger partial charge on any atom is -0.469 e. The van der Waals surface area contributed by atoms with E-state index in [1.807, 2.05) is 12.1 Å². The van der Waals surface area contributed by atoms with Crippen molar-refractivity contribution in [3.8, 4) is 0 Å². The van der Waals surface area contributed by atoms with Crippen LogP contribution in [0, 0.1) is 11.8 Å². The van der Waals surface area contributed by atoms with E-state index in [9.17, 15) is 4.79 Å². The lowest BCUT2D eigenvalue weighted by atomic mass is 10.1. The van der Waals surface area contributed by atoms with Crippen LogP contribution in [-0.4, -0.2) is 62.2 Å². The minimum absolute atomic E-state index is 0. The maximum atomic E-state index is 12.1. The number of ether oxygens (including phenoxy) is 1. The fraction of sp³-hybridized carbons (Fsp3) is 0.700. The summed E-state index contributed by atoms with van der Waals surface area (Å²) in [5.41, 5.74) is 0. The first-order valence-corrected chi connectivity index (χ1v) is 10.2. The maximum Gasteiger partial charge on any atom is 0.223 e. The number of carbonyl (C=O) groups is 1. The number of amides is 1. The van der Waals surface area contributed by atoms with Gasteiger partial charge in [-0.05, 0) is 31.4 Å². The number of rotatable bonds is 8. The second-order valence-corrected chi connectivity index (χ2v) is 7.90. The molecule has 4 rings (SSSR count). The highest BCUT2D eigenvalue weighted by Crippen LogP contribution is 2.32. The summed E-state index contributed by atoms with van der Waals surface area (Å²) in [4.78, 5) is 19.0. The summed E-state index contributed by atoms with van der Waals surface area (Å²) in [7, 11) is 0. The Morgan fingerprint density at radius 1 is 1.25 bits per heavy atom. The predicted molar refractivity (Wildman–Crippen MR) is 118 cm³/mol. The topological polar surface area (TPSA) is 79.1 Å². The highest BCUT2D eigenvalue weighted by molar-refractivity contribution is 14.0. The number of likely N-dealkylation sites (tertiary alicyclic amines) is 1. The normalized spacial score (nSPS) is 25.1. The molecule has 1 saturated carbocycles. The van der Waals surface area contributed by atoms with Crippen molar-refractivity contribution in [3.63, 3.8) is 0 Å². The SMILES string of the molecule is I.O=C1CC(CN=C(NCCc2ccco2)NCC2CCOC2)CN1C1CC1. The smallest absolute Gasteiger partial charge is 0.223 e. The van der Waals surface area contributed by atoms with Crippen LogP contribution >= 0.6 is 24.0 Å². The molecule has 0 radical (unpaired) electrons. The lowest BCUT2D eigenvalue weighted by Crippen LogP contribution is -2.41. The molecule has 0 aromatic carbocycles. The van der Waals surface area contributed by atoms with E-state index in [0.717, 1.165) is 57.4 Å². The molecule has 2 aliphatic heterocycles. The first-order valence-electron chi connectivity index (χ1n) is 10.2. The van der Waals surface area contributed by atoms with Crippen LogP contribution in [0.15, 0.2) is 27.8 Å². The molecule has 0 spiro atoms. The number of furan rings is 1. The van der Waals surface area contributed by atoms with Gasteiger partial charge < -0.3 is 24.7 Å². The van der Waals surface area contributed by atoms with E-state index in [1.54, 1.807) is 6.26 Å². The highest BCUT2D eigenvalue weighted by Gasteiger charge is 2.39. The van der Waals surface area contributed by atoms with E-state index in [-0.39, 0.29) is 24.0 Å². The minimum atomic E-state index is 0. The number of hydrogen-bond acceptors (Lipinski definition) is 4. The van der Waals surface area contributed by atoms with Crippen molar-refractivity contribution in [3.05, 3.63) is 24.2 Å². The third-order valence-corrected chi connectivity index (χ3v) is 5.56. The fourth-order valence-electron chi connectivity index (χ4n) is 3.81. The molecular weight excluding hydrogens is 471 g/mol. The first kappa shape index (κ1) is 21.4. The summed E-state index contributed by atoms with van der Waals surface area (Å²) >= 11 is 0. The molecule has 1 aromatic rings. The van der Waals surface area contributed by atoms with Gasteiger partial charge in [-0.3, -0.25) is 9.79 Å². The monoisotopic (exact) mass is 502 g/mol.